The number of alkyl halides is 1. The van der Waals surface area contributed by atoms with Gasteiger partial charge in [0.25, 0.3) is 0 Å². The molecule has 3 heteroatoms. The minimum Gasteiger partial charge on any atom is -0.377 e. The molecule has 2 unspecified atom stereocenters. The van der Waals surface area contributed by atoms with Gasteiger partial charge in [-0.15, -0.1) is 11.6 Å². The summed E-state index contributed by atoms with van der Waals surface area (Å²) in [4.78, 5) is 0. The molecule has 0 amide bonds. The third-order valence-electron chi connectivity index (χ3n) is 2.49. The van der Waals surface area contributed by atoms with Crippen LogP contribution in [0.4, 0.5) is 0 Å². The van der Waals surface area contributed by atoms with E-state index in [4.69, 9.17) is 16.3 Å². The standard InChI is InChI=1S/C11H22ClNO/c1-9(2)6-10(12)7-13-8-11-4-3-5-14-11/h9-11,13H,3-8H2,1-2H3. The van der Waals surface area contributed by atoms with Crippen LogP contribution in [0.1, 0.15) is 33.1 Å². The molecule has 1 aliphatic rings. The Balaban J connectivity index is 1.96. The number of hydrogen-bond acceptors (Lipinski definition) is 2. The molecule has 1 aliphatic heterocycles. The van der Waals surface area contributed by atoms with E-state index in [1.54, 1.807) is 0 Å². The third-order valence-corrected chi connectivity index (χ3v) is 2.82. The Kier molecular flexibility index (Phi) is 5.83. The Bertz CT molecular complexity index is 146. The predicted octanol–water partition coefficient (Wildman–Crippen LogP) is 2.41. The van der Waals surface area contributed by atoms with Crippen molar-refractivity contribution in [3.8, 4) is 0 Å². The fraction of sp³-hybridized carbons (Fsp3) is 1.00. The Labute approximate surface area is 92.3 Å². The predicted molar refractivity (Wildman–Crippen MR) is 60.9 cm³/mol. The van der Waals surface area contributed by atoms with Crippen LogP contribution < -0.4 is 5.32 Å². The molecule has 0 saturated carbocycles. The molecule has 0 spiro atoms. The smallest absolute Gasteiger partial charge is 0.0700 e. The minimum absolute atomic E-state index is 0.261. The molecule has 2 atom stereocenters. The van der Waals surface area contributed by atoms with Gasteiger partial charge in [-0.3, -0.25) is 0 Å². The van der Waals surface area contributed by atoms with Crippen molar-refractivity contribution in [1.82, 2.24) is 5.32 Å². The maximum Gasteiger partial charge on any atom is 0.0700 e. The van der Waals surface area contributed by atoms with Crippen molar-refractivity contribution < 1.29 is 4.74 Å². The lowest BCUT2D eigenvalue weighted by Gasteiger charge is -2.15. The van der Waals surface area contributed by atoms with Crippen LogP contribution in [0, 0.1) is 5.92 Å². The van der Waals surface area contributed by atoms with Crippen molar-refractivity contribution in [3.05, 3.63) is 0 Å². The highest BCUT2D eigenvalue weighted by Crippen LogP contribution is 2.12. The van der Waals surface area contributed by atoms with Gasteiger partial charge in [0.15, 0.2) is 0 Å². The number of nitrogens with one attached hydrogen (secondary N) is 1. The lowest BCUT2D eigenvalue weighted by Crippen LogP contribution is -2.31. The highest BCUT2D eigenvalue weighted by atomic mass is 35.5. The first kappa shape index (κ1) is 12.3. The van der Waals surface area contributed by atoms with Crippen molar-refractivity contribution in [2.75, 3.05) is 19.7 Å². The van der Waals surface area contributed by atoms with Gasteiger partial charge in [0.2, 0.25) is 0 Å². The van der Waals surface area contributed by atoms with Crippen molar-refractivity contribution in [1.29, 1.82) is 0 Å². The van der Waals surface area contributed by atoms with Crippen molar-refractivity contribution >= 4 is 11.6 Å². The molecule has 0 radical (unpaired) electrons. The Morgan fingerprint density at radius 3 is 2.86 bits per heavy atom. The monoisotopic (exact) mass is 219 g/mol. The van der Waals surface area contributed by atoms with Crippen molar-refractivity contribution in [2.24, 2.45) is 5.92 Å². The Morgan fingerprint density at radius 1 is 1.50 bits per heavy atom. The molecular weight excluding hydrogens is 198 g/mol. The highest BCUT2D eigenvalue weighted by Gasteiger charge is 2.15. The number of rotatable bonds is 6. The van der Waals surface area contributed by atoms with E-state index in [1.165, 1.54) is 12.8 Å². The Morgan fingerprint density at radius 2 is 2.29 bits per heavy atom. The van der Waals surface area contributed by atoms with Crippen LogP contribution >= 0.6 is 11.6 Å². The van der Waals surface area contributed by atoms with E-state index >= 15 is 0 Å². The van der Waals surface area contributed by atoms with E-state index in [9.17, 15) is 0 Å². The molecule has 84 valence electrons. The van der Waals surface area contributed by atoms with E-state index in [-0.39, 0.29) is 5.38 Å². The molecule has 1 heterocycles. The average Bonchev–Trinajstić information content (AvgIpc) is 2.55. The molecule has 0 aromatic heterocycles. The van der Waals surface area contributed by atoms with E-state index in [2.05, 4.69) is 19.2 Å². The van der Waals surface area contributed by atoms with Gasteiger partial charge in [0.05, 0.1) is 6.10 Å². The van der Waals surface area contributed by atoms with Gasteiger partial charge in [-0.2, -0.15) is 0 Å². The van der Waals surface area contributed by atoms with Crippen molar-refractivity contribution in [3.63, 3.8) is 0 Å². The molecular formula is C11H22ClNO. The maximum atomic E-state index is 6.16. The second-order valence-corrected chi connectivity index (χ2v) is 5.14. The molecule has 0 aliphatic carbocycles. The number of halogens is 1. The summed E-state index contributed by atoms with van der Waals surface area (Å²) in [7, 11) is 0. The van der Waals surface area contributed by atoms with Crippen LogP contribution in [0.2, 0.25) is 0 Å². The first-order valence-electron chi connectivity index (χ1n) is 5.65. The van der Waals surface area contributed by atoms with E-state index in [1.807, 2.05) is 0 Å². The molecule has 1 N–H and O–H groups in total. The van der Waals surface area contributed by atoms with Crippen LogP contribution in [0.5, 0.6) is 0 Å². The molecule has 0 aromatic rings. The second kappa shape index (κ2) is 6.65. The summed E-state index contributed by atoms with van der Waals surface area (Å²) in [6.07, 6.45) is 3.92. The normalized spacial score (nSPS) is 24.4. The molecule has 0 bridgehead atoms. The van der Waals surface area contributed by atoms with Gasteiger partial charge in [-0.05, 0) is 25.2 Å². The van der Waals surface area contributed by atoms with Gasteiger partial charge in [-0.1, -0.05) is 13.8 Å². The van der Waals surface area contributed by atoms with Gasteiger partial charge in [0, 0.05) is 25.1 Å². The van der Waals surface area contributed by atoms with Gasteiger partial charge in [-0.25, -0.2) is 0 Å². The molecule has 1 saturated heterocycles. The Hall–Kier alpha value is 0.210. The zero-order chi connectivity index (χ0) is 10.4. The summed E-state index contributed by atoms with van der Waals surface area (Å²) in [5, 5.41) is 3.64. The summed E-state index contributed by atoms with van der Waals surface area (Å²) in [5.74, 6) is 0.682. The highest BCUT2D eigenvalue weighted by molar-refractivity contribution is 6.20. The van der Waals surface area contributed by atoms with Crippen LogP contribution in [0.3, 0.4) is 0 Å². The lowest BCUT2D eigenvalue weighted by atomic mass is 10.1. The summed E-state index contributed by atoms with van der Waals surface area (Å²) >= 11 is 6.16. The van der Waals surface area contributed by atoms with E-state index in [0.29, 0.717) is 12.0 Å². The fourth-order valence-corrected chi connectivity index (χ4v) is 2.27. The van der Waals surface area contributed by atoms with Crippen LogP contribution in [-0.2, 0) is 4.74 Å². The van der Waals surface area contributed by atoms with Gasteiger partial charge in [0.1, 0.15) is 0 Å². The van der Waals surface area contributed by atoms with Gasteiger partial charge >= 0.3 is 0 Å². The molecule has 1 rings (SSSR count). The number of ether oxygens (including phenoxy) is 1. The van der Waals surface area contributed by atoms with E-state index in [0.717, 1.165) is 26.1 Å². The molecule has 0 aromatic carbocycles. The maximum absolute atomic E-state index is 6.16. The average molecular weight is 220 g/mol. The van der Waals surface area contributed by atoms with E-state index < -0.39 is 0 Å². The summed E-state index contributed by atoms with van der Waals surface area (Å²) in [6, 6.07) is 0. The van der Waals surface area contributed by atoms with Crippen LogP contribution in [0.25, 0.3) is 0 Å². The third kappa shape index (κ3) is 5.18. The minimum atomic E-state index is 0.261. The quantitative estimate of drug-likeness (QED) is 0.693. The summed E-state index contributed by atoms with van der Waals surface area (Å²) in [6.45, 7) is 7.20. The number of hydrogen-bond donors (Lipinski definition) is 1. The molecule has 1 fully saturated rings. The first-order valence-corrected chi connectivity index (χ1v) is 6.08. The topological polar surface area (TPSA) is 21.3 Å². The lowest BCUT2D eigenvalue weighted by molar-refractivity contribution is 0.110. The molecule has 14 heavy (non-hydrogen) atoms. The van der Waals surface area contributed by atoms with Gasteiger partial charge < -0.3 is 10.1 Å². The zero-order valence-electron chi connectivity index (χ0n) is 9.26. The second-order valence-electron chi connectivity index (χ2n) is 4.52. The zero-order valence-corrected chi connectivity index (χ0v) is 10.0. The fourth-order valence-electron chi connectivity index (χ4n) is 1.80. The van der Waals surface area contributed by atoms with Crippen LogP contribution in [-0.4, -0.2) is 31.2 Å². The first-order chi connectivity index (χ1) is 6.68. The summed E-state index contributed by atoms with van der Waals surface area (Å²) in [5.41, 5.74) is 0. The molecule has 2 nitrogen and oxygen atoms in total. The van der Waals surface area contributed by atoms with Crippen molar-refractivity contribution in [2.45, 2.75) is 44.6 Å². The van der Waals surface area contributed by atoms with Crippen LogP contribution in [0.15, 0.2) is 0 Å². The largest absolute Gasteiger partial charge is 0.377 e. The SMILES string of the molecule is CC(C)CC(Cl)CNCC1CCCO1. The summed E-state index contributed by atoms with van der Waals surface area (Å²) < 4.78 is 5.51.